The van der Waals surface area contributed by atoms with Gasteiger partial charge in [0.15, 0.2) is 6.61 Å². The van der Waals surface area contributed by atoms with E-state index in [0.717, 1.165) is 11.1 Å². The number of aryl methyl sites for hydroxylation is 1. The van der Waals surface area contributed by atoms with Gasteiger partial charge in [-0.3, -0.25) is 4.79 Å². The fourth-order valence-corrected chi connectivity index (χ4v) is 3.34. The average Bonchev–Trinajstić information content (AvgIpc) is 2.75. The van der Waals surface area contributed by atoms with E-state index in [-0.39, 0.29) is 18.4 Å². The van der Waals surface area contributed by atoms with Gasteiger partial charge in [-0.05, 0) is 72.5 Å². The summed E-state index contributed by atoms with van der Waals surface area (Å²) in [6.45, 7) is 5.87. The van der Waals surface area contributed by atoms with Gasteiger partial charge in [-0.1, -0.05) is 49.2 Å². The fraction of sp³-hybridized carbons (Fsp3) is 0.200. The number of benzene rings is 3. The number of amides is 1. The van der Waals surface area contributed by atoms with Gasteiger partial charge in [-0.2, -0.15) is 0 Å². The lowest BCUT2D eigenvalue weighted by molar-refractivity contribution is -0.136. The summed E-state index contributed by atoms with van der Waals surface area (Å²) >= 11 is 12.0. The molecule has 32 heavy (non-hydrogen) atoms. The number of anilines is 1. The highest BCUT2D eigenvalue weighted by molar-refractivity contribution is 6.35. The number of carbonyl (C=O) groups is 2. The minimum Gasteiger partial charge on any atom is -0.482 e. The molecule has 5 nitrogen and oxygen atoms in total. The molecule has 0 aliphatic heterocycles. The molecular formula is C25H23Cl2NO4. The highest BCUT2D eigenvalue weighted by Crippen LogP contribution is 2.28. The molecule has 0 aromatic heterocycles. The number of hydrogen-bond acceptors (Lipinski definition) is 4. The van der Waals surface area contributed by atoms with Gasteiger partial charge < -0.3 is 14.8 Å². The summed E-state index contributed by atoms with van der Waals surface area (Å²) in [6.07, 6.45) is 0. The first-order valence-electron chi connectivity index (χ1n) is 10.0. The number of nitrogens with one attached hydrogen (secondary N) is 1. The third kappa shape index (κ3) is 6.25. The zero-order valence-corrected chi connectivity index (χ0v) is 19.5. The van der Waals surface area contributed by atoms with Crippen molar-refractivity contribution in [3.8, 4) is 11.5 Å². The Hall–Kier alpha value is -3.02. The molecule has 0 aliphatic carbocycles. The smallest absolute Gasteiger partial charge is 0.349 e. The molecule has 0 radical (unpaired) electrons. The van der Waals surface area contributed by atoms with Crippen LogP contribution in [0, 0.1) is 6.92 Å². The van der Waals surface area contributed by atoms with Crippen LogP contribution in [0.5, 0.6) is 11.5 Å². The van der Waals surface area contributed by atoms with Gasteiger partial charge >= 0.3 is 5.97 Å². The van der Waals surface area contributed by atoms with E-state index in [1.54, 1.807) is 42.5 Å². The first kappa shape index (κ1) is 23.6. The molecule has 0 bridgehead atoms. The van der Waals surface area contributed by atoms with Crippen LogP contribution < -0.4 is 14.8 Å². The Morgan fingerprint density at radius 1 is 0.969 bits per heavy atom. The molecular weight excluding hydrogens is 449 g/mol. The second kappa shape index (κ2) is 10.5. The predicted molar refractivity (Wildman–Crippen MR) is 127 cm³/mol. The maximum Gasteiger partial charge on any atom is 0.349 e. The SMILES string of the molecule is Cc1ccc(C(C)C)c(OCC(=O)Oc2ccc(C(=O)Nc3cc(Cl)ccc3Cl)cc2)c1. The molecule has 0 heterocycles. The molecule has 3 aromatic rings. The number of esters is 1. The minimum absolute atomic E-state index is 0.224. The van der Waals surface area contributed by atoms with Crippen molar-refractivity contribution in [3.05, 3.63) is 87.4 Å². The van der Waals surface area contributed by atoms with Crippen molar-refractivity contribution in [2.75, 3.05) is 11.9 Å². The second-order valence-electron chi connectivity index (χ2n) is 7.56. The summed E-state index contributed by atoms with van der Waals surface area (Å²) in [6, 6.07) is 16.9. The lowest BCUT2D eigenvalue weighted by Crippen LogP contribution is -2.18. The van der Waals surface area contributed by atoms with E-state index in [4.69, 9.17) is 32.7 Å². The van der Waals surface area contributed by atoms with E-state index in [9.17, 15) is 9.59 Å². The van der Waals surface area contributed by atoms with Gasteiger partial charge in [0.25, 0.3) is 5.91 Å². The van der Waals surface area contributed by atoms with Crippen molar-refractivity contribution in [2.24, 2.45) is 0 Å². The summed E-state index contributed by atoms with van der Waals surface area (Å²) in [7, 11) is 0. The molecule has 0 saturated heterocycles. The summed E-state index contributed by atoms with van der Waals surface area (Å²) in [4.78, 5) is 24.7. The number of carbonyl (C=O) groups excluding carboxylic acids is 2. The normalized spacial score (nSPS) is 10.7. The van der Waals surface area contributed by atoms with Gasteiger partial charge in [0.2, 0.25) is 0 Å². The van der Waals surface area contributed by atoms with E-state index in [1.165, 1.54) is 0 Å². The minimum atomic E-state index is -0.538. The van der Waals surface area contributed by atoms with Crippen LogP contribution in [0.25, 0.3) is 0 Å². The van der Waals surface area contributed by atoms with Crippen LogP contribution in [0.2, 0.25) is 10.0 Å². The molecule has 7 heteroatoms. The van der Waals surface area contributed by atoms with E-state index >= 15 is 0 Å². The zero-order valence-electron chi connectivity index (χ0n) is 17.9. The molecule has 3 rings (SSSR count). The van der Waals surface area contributed by atoms with E-state index in [1.807, 2.05) is 25.1 Å². The molecule has 0 saturated carbocycles. The van der Waals surface area contributed by atoms with Gasteiger partial charge in [-0.25, -0.2) is 4.79 Å². The van der Waals surface area contributed by atoms with Crippen molar-refractivity contribution in [1.29, 1.82) is 0 Å². The van der Waals surface area contributed by atoms with Gasteiger partial charge in [0.1, 0.15) is 11.5 Å². The predicted octanol–water partition coefficient (Wildman–Crippen LogP) is 6.66. The first-order chi connectivity index (χ1) is 15.2. The lowest BCUT2D eigenvalue weighted by atomic mass is 10.0. The molecule has 0 atom stereocenters. The van der Waals surface area contributed by atoms with Crippen LogP contribution in [0.3, 0.4) is 0 Å². The average molecular weight is 472 g/mol. The zero-order chi connectivity index (χ0) is 23.3. The van der Waals surface area contributed by atoms with Crippen LogP contribution in [-0.2, 0) is 4.79 Å². The lowest BCUT2D eigenvalue weighted by Gasteiger charge is -2.14. The van der Waals surface area contributed by atoms with Crippen LogP contribution in [0.15, 0.2) is 60.7 Å². The Morgan fingerprint density at radius 3 is 2.38 bits per heavy atom. The summed E-state index contributed by atoms with van der Waals surface area (Å²) in [5.41, 5.74) is 2.86. The van der Waals surface area contributed by atoms with E-state index < -0.39 is 5.97 Å². The van der Waals surface area contributed by atoms with Gasteiger partial charge in [0.05, 0.1) is 10.7 Å². The monoisotopic (exact) mass is 471 g/mol. The first-order valence-corrected chi connectivity index (χ1v) is 10.8. The molecule has 0 aliphatic rings. The van der Waals surface area contributed by atoms with Gasteiger partial charge in [-0.15, -0.1) is 0 Å². The van der Waals surface area contributed by atoms with Crippen LogP contribution in [-0.4, -0.2) is 18.5 Å². The Bertz CT molecular complexity index is 1130. The van der Waals surface area contributed by atoms with Crippen LogP contribution in [0.4, 0.5) is 5.69 Å². The number of ether oxygens (including phenoxy) is 2. The summed E-state index contributed by atoms with van der Waals surface area (Å²) in [5, 5.41) is 3.54. The third-order valence-corrected chi connectivity index (χ3v) is 5.23. The van der Waals surface area contributed by atoms with Crippen molar-refractivity contribution < 1.29 is 19.1 Å². The number of hydrogen-bond donors (Lipinski definition) is 1. The largest absolute Gasteiger partial charge is 0.482 e. The topological polar surface area (TPSA) is 64.6 Å². The maximum absolute atomic E-state index is 12.4. The molecule has 1 amide bonds. The highest BCUT2D eigenvalue weighted by Gasteiger charge is 2.13. The molecule has 0 spiro atoms. The van der Waals surface area contributed by atoms with Crippen molar-refractivity contribution in [3.63, 3.8) is 0 Å². The van der Waals surface area contributed by atoms with Crippen LogP contribution in [0.1, 0.15) is 41.3 Å². The Labute approximate surface area is 197 Å². The molecule has 1 N–H and O–H groups in total. The second-order valence-corrected chi connectivity index (χ2v) is 8.41. The quantitative estimate of drug-likeness (QED) is 0.309. The molecule has 166 valence electrons. The fourth-order valence-electron chi connectivity index (χ4n) is 3.00. The molecule has 0 fully saturated rings. The molecule has 3 aromatic carbocycles. The maximum atomic E-state index is 12.4. The van der Waals surface area contributed by atoms with Crippen molar-refractivity contribution >= 4 is 40.8 Å². The Balaban J connectivity index is 1.58. The number of rotatable bonds is 7. The van der Waals surface area contributed by atoms with Crippen molar-refractivity contribution in [2.45, 2.75) is 26.7 Å². The standard InChI is InChI=1S/C25H23Cl2NO4/c1-15(2)20-10-4-16(3)12-23(20)31-14-24(29)32-19-8-5-17(6-9-19)25(30)28-22-13-18(26)7-11-21(22)27/h4-13,15H,14H2,1-3H3,(H,28,30). The number of halogens is 2. The van der Waals surface area contributed by atoms with E-state index in [0.29, 0.717) is 32.8 Å². The van der Waals surface area contributed by atoms with E-state index in [2.05, 4.69) is 19.2 Å². The van der Waals surface area contributed by atoms with Gasteiger partial charge in [0, 0.05) is 10.6 Å². The van der Waals surface area contributed by atoms with Crippen LogP contribution >= 0.6 is 23.2 Å². The summed E-state index contributed by atoms with van der Waals surface area (Å²) < 4.78 is 11.0. The summed E-state index contributed by atoms with van der Waals surface area (Å²) in [5.74, 6) is 0.343. The molecule has 0 unspecified atom stereocenters. The Morgan fingerprint density at radius 2 is 1.69 bits per heavy atom. The Kier molecular flexibility index (Phi) is 7.78. The highest BCUT2D eigenvalue weighted by atomic mass is 35.5. The van der Waals surface area contributed by atoms with Crippen molar-refractivity contribution in [1.82, 2.24) is 0 Å². The third-order valence-electron chi connectivity index (χ3n) is 4.66.